The van der Waals surface area contributed by atoms with E-state index in [0.29, 0.717) is 35.2 Å². The molecule has 28 heavy (non-hydrogen) atoms. The van der Waals surface area contributed by atoms with Crippen LogP contribution in [0.25, 0.3) is 0 Å². The smallest absolute Gasteiger partial charge is 0.336 e. The number of phenols is 1. The summed E-state index contributed by atoms with van der Waals surface area (Å²) >= 11 is 1.66. The van der Waals surface area contributed by atoms with Crippen LogP contribution in [-0.4, -0.2) is 24.0 Å². The molecule has 2 heterocycles. The molecule has 1 aromatic carbocycles. The van der Waals surface area contributed by atoms with Crippen LogP contribution in [0.2, 0.25) is 0 Å². The van der Waals surface area contributed by atoms with Gasteiger partial charge in [-0.1, -0.05) is 18.2 Å². The summed E-state index contributed by atoms with van der Waals surface area (Å²) in [5.74, 6) is -0.768. The van der Waals surface area contributed by atoms with Crippen molar-refractivity contribution >= 4 is 23.1 Å². The van der Waals surface area contributed by atoms with Crippen molar-refractivity contribution in [1.82, 2.24) is 5.32 Å². The maximum atomic E-state index is 13.2. The predicted octanol–water partition coefficient (Wildman–Crippen LogP) is 3.99. The first kappa shape index (κ1) is 18.5. The lowest BCUT2D eigenvalue weighted by molar-refractivity contribution is -0.136. The van der Waals surface area contributed by atoms with Gasteiger partial charge in [-0.2, -0.15) is 0 Å². The number of ether oxygens (including phenoxy) is 1. The monoisotopic (exact) mass is 395 g/mol. The number of phenolic OH excluding ortho intramolecular Hbond substituents is 1. The third-order valence-corrected chi connectivity index (χ3v) is 6.42. The molecule has 0 spiro atoms. The van der Waals surface area contributed by atoms with E-state index in [9.17, 15) is 14.7 Å². The molecule has 0 amide bonds. The summed E-state index contributed by atoms with van der Waals surface area (Å²) < 4.78 is 5.01. The second kappa shape index (κ2) is 7.28. The molecule has 5 nitrogen and oxygen atoms in total. The third kappa shape index (κ3) is 3.14. The largest absolute Gasteiger partial charge is 0.508 e. The highest BCUT2D eigenvalue weighted by Gasteiger charge is 2.41. The highest BCUT2D eigenvalue weighted by atomic mass is 32.1. The molecule has 6 heteroatoms. The Labute approximate surface area is 167 Å². The maximum absolute atomic E-state index is 13.2. The summed E-state index contributed by atoms with van der Waals surface area (Å²) in [6.07, 6.45) is 1.12. The van der Waals surface area contributed by atoms with Crippen molar-refractivity contribution in [2.24, 2.45) is 0 Å². The predicted molar refractivity (Wildman–Crippen MR) is 107 cm³/mol. The number of benzene rings is 1. The number of nitrogens with one attached hydrogen (secondary N) is 1. The zero-order valence-corrected chi connectivity index (χ0v) is 16.5. The Bertz CT molecular complexity index is 1000. The number of Topliss-reactive ketones (excluding diaryl/α,β-unsaturated/α-hetero) is 1. The Hall–Kier alpha value is -2.86. The standard InChI is InChI=1S/C22H21NO4S/c1-12-19(22(26)27-2)20(13-5-3-6-15(24)9-13)21-16(23-12)10-14(11-17(21)25)18-7-4-8-28-18/h3-9,14,20,23-24H,10-11H2,1-2H3/t14-,20+/m1/s1. The minimum atomic E-state index is -0.549. The number of rotatable bonds is 3. The average Bonchev–Trinajstić information content (AvgIpc) is 3.21. The van der Waals surface area contributed by atoms with E-state index in [1.165, 1.54) is 12.0 Å². The third-order valence-electron chi connectivity index (χ3n) is 5.38. The lowest BCUT2D eigenvalue weighted by Gasteiger charge is -2.36. The van der Waals surface area contributed by atoms with E-state index < -0.39 is 11.9 Å². The Morgan fingerprint density at radius 1 is 1.25 bits per heavy atom. The fourth-order valence-corrected chi connectivity index (χ4v) is 5.01. The number of hydrogen-bond acceptors (Lipinski definition) is 6. The van der Waals surface area contributed by atoms with Crippen LogP contribution in [0.1, 0.15) is 42.0 Å². The second-order valence-electron chi connectivity index (χ2n) is 7.12. The zero-order chi connectivity index (χ0) is 19.8. The molecule has 144 valence electrons. The molecule has 1 aromatic heterocycles. The molecule has 2 N–H and O–H groups in total. The highest BCUT2D eigenvalue weighted by Crippen LogP contribution is 2.46. The summed E-state index contributed by atoms with van der Waals surface area (Å²) in [7, 11) is 1.33. The topological polar surface area (TPSA) is 75.6 Å². The van der Waals surface area contributed by atoms with Crippen LogP contribution in [0, 0.1) is 0 Å². The van der Waals surface area contributed by atoms with E-state index in [4.69, 9.17) is 4.74 Å². The Kier molecular flexibility index (Phi) is 4.81. The SMILES string of the molecule is COC(=O)C1=C(C)NC2=C(C(=O)C[C@H](c3cccs3)C2)[C@H]1c1cccc(O)c1. The van der Waals surface area contributed by atoms with Crippen molar-refractivity contribution in [3.8, 4) is 5.75 Å². The van der Waals surface area contributed by atoms with E-state index in [1.807, 2.05) is 24.4 Å². The van der Waals surface area contributed by atoms with Crippen LogP contribution in [0.4, 0.5) is 0 Å². The quantitative estimate of drug-likeness (QED) is 0.769. The van der Waals surface area contributed by atoms with Gasteiger partial charge in [-0.15, -0.1) is 11.3 Å². The first-order valence-electron chi connectivity index (χ1n) is 9.14. The lowest BCUT2D eigenvalue weighted by atomic mass is 9.72. The molecule has 0 radical (unpaired) electrons. The number of thiophene rings is 1. The van der Waals surface area contributed by atoms with Crippen molar-refractivity contribution in [3.05, 3.63) is 74.8 Å². The van der Waals surface area contributed by atoms with E-state index in [1.54, 1.807) is 29.5 Å². The van der Waals surface area contributed by atoms with Crippen molar-refractivity contribution in [1.29, 1.82) is 0 Å². The van der Waals surface area contributed by atoms with Gasteiger partial charge in [0, 0.05) is 40.1 Å². The summed E-state index contributed by atoms with van der Waals surface area (Å²) in [6.45, 7) is 1.82. The molecule has 0 saturated carbocycles. The van der Waals surface area contributed by atoms with Gasteiger partial charge in [-0.25, -0.2) is 4.79 Å². The second-order valence-corrected chi connectivity index (χ2v) is 8.10. The number of carbonyl (C=O) groups excluding carboxylic acids is 2. The Morgan fingerprint density at radius 2 is 2.07 bits per heavy atom. The van der Waals surface area contributed by atoms with Crippen molar-refractivity contribution in [2.45, 2.75) is 31.6 Å². The van der Waals surface area contributed by atoms with Gasteiger partial charge in [0.2, 0.25) is 0 Å². The highest BCUT2D eigenvalue weighted by molar-refractivity contribution is 7.10. The fraction of sp³-hybridized carbons (Fsp3) is 0.273. The molecule has 2 aliphatic rings. The minimum absolute atomic E-state index is 0.0226. The average molecular weight is 395 g/mol. The van der Waals surface area contributed by atoms with E-state index in [0.717, 1.165) is 5.70 Å². The molecule has 0 unspecified atom stereocenters. The number of dihydropyridines is 1. The Morgan fingerprint density at radius 3 is 2.75 bits per heavy atom. The number of ketones is 1. The van der Waals surface area contributed by atoms with Crippen LogP contribution in [-0.2, 0) is 14.3 Å². The van der Waals surface area contributed by atoms with E-state index >= 15 is 0 Å². The van der Waals surface area contributed by atoms with Gasteiger partial charge in [-0.05, 0) is 42.5 Å². The van der Waals surface area contributed by atoms with Crippen LogP contribution >= 0.6 is 11.3 Å². The van der Waals surface area contributed by atoms with Gasteiger partial charge >= 0.3 is 5.97 Å². The number of methoxy groups -OCH3 is 1. The van der Waals surface area contributed by atoms with Crippen molar-refractivity contribution < 1.29 is 19.4 Å². The molecular weight excluding hydrogens is 374 g/mol. The minimum Gasteiger partial charge on any atom is -0.508 e. The molecule has 0 saturated heterocycles. The van der Waals surface area contributed by atoms with Crippen LogP contribution in [0.3, 0.4) is 0 Å². The van der Waals surface area contributed by atoms with E-state index in [2.05, 4.69) is 11.4 Å². The number of aromatic hydroxyl groups is 1. The molecule has 2 aromatic rings. The zero-order valence-electron chi connectivity index (χ0n) is 15.7. The summed E-state index contributed by atoms with van der Waals surface area (Å²) in [4.78, 5) is 27.0. The molecule has 0 fully saturated rings. The van der Waals surface area contributed by atoms with Crippen molar-refractivity contribution in [2.75, 3.05) is 7.11 Å². The molecular formula is C22H21NO4S. The van der Waals surface area contributed by atoms with Gasteiger partial charge < -0.3 is 15.2 Å². The van der Waals surface area contributed by atoms with Gasteiger partial charge in [0.1, 0.15) is 5.75 Å². The molecule has 1 aliphatic heterocycles. The van der Waals surface area contributed by atoms with Gasteiger partial charge in [0.15, 0.2) is 5.78 Å². The van der Waals surface area contributed by atoms with Gasteiger partial charge in [-0.3, -0.25) is 4.79 Å². The number of esters is 1. The summed E-state index contributed by atoms with van der Waals surface area (Å²) in [5, 5.41) is 15.3. The molecule has 0 bridgehead atoms. The molecule has 1 aliphatic carbocycles. The first-order valence-corrected chi connectivity index (χ1v) is 10.0. The normalized spacial score (nSPS) is 22.0. The van der Waals surface area contributed by atoms with Gasteiger partial charge in [0.25, 0.3) is 0 Å². The summed E-state index contributed by atoms with van der Waals surface area (Å²) in [5.41, 5.74) is 3.25. The van der Waals surface area contributed by atoms with E-state index in [-0.39, 0.29) is 17.5 Å². The van der Waals surface area contributed by atoms with Crippen LogP contribution < -0.4 is 5.32 Å². The van der Waals surface area contributed by atoms with Crippen molar-refractivity contribution in [3.63, 3.8) is 0 Å². The number of hydrogen-bond donors (Lipinski definition) is 2. The fourth-order valence-electron chi connectivity index (χ4n) is 4.18. The molecule has 2 atom stereocenters. The maximum Gasteiger partial charge on any atom is 0.336 e. The van der Waals surface area contributed by atoms with Crippen LogP contribution in [0.15, 0.2) is 64.3 Å². The number of carbonyl (C=O) groups is 2. The molecule has 4 rings (SSSR count). The Balaban J connectivity index is 1.83. The van der Waals surface area contributed by atoms with Gasteiger partial charge in [0.05, 0.1) is 12.7 Å². The number of allylic oxidation sites excluding steroid dienone is 3. The summed E-state index contributed by atoms with van der Waals surface area (Å²) in [6, 6.07) is 10.8. The first-order chi connectivity index (χ1) is 13.5. The lowest BCUT2D eigenvalue weighted by Crippen LogP contribution is -2.35. The van der Waals surface area contributed by atoms with Crippen LogP contribution in [0.5, 0.6) is 5.75 Å².